The molecule has 2 rings (SSSR count). The fourth-order valence-electron chi connectivity index (χ4n) is 2.77. The fourth-order valence-corrected chi connectivity index (χ4v) is 4.78. The lowest BCUT2D eigenvalue weighted by molar-refractivity contribution is -0.121. The number of carbonyl (C=O) groups is 1. The van der Waals surface area contributed by atoms with Gasteiger partial charge >= 0.3 is 0 Å². The number of nitrogens with one attached hydrogen (secondary N) is 1. The van der Waals surface area contributed by atoms with Gasteiger partial charge in [0.05, 0.1) is 11.9 Å². The third-order valence-electron chi connectivity index (χ3n) is 4.11. The number of nitrogens with zero attached hydrogens (tertiary/aromatic N) is 1. The van der Waals surface area contributed by atoms with E-state index in [2.05, 4.69) is 5.32 Å². The van der Waals surface area contributed by atoms with Gasteiger partial charge in [-0.15, -0.1) is 0 Å². The molecular formula is C20H25FN2O3S2. The number of anilines is 1. The van der Waals surface area contributed by atoms with Crippen LogP contribution in [-0.4, -0.2) is 38.9 Å². The zero-order valence-corrected chi connectivity index (χ0v) is 17.8. The molecule has 28 heavy (non-hydrogen) atoms. The third-order valence-corrected chi connectivity index (χ3v) is 6.36. The molecule has 0 aliphatic heterocycles. The molecule has 0 unspecified atom stereocenters. The van der Waals surface area contributed by atoms with Crippen LogP contribution in [0.15, 0.2) is 48.5 Å². The molecule has 5 nitrogen and oxygen atoms in total. The van der Waals surface area contributed by atoms with Crippen LogP contribution in [0.3, 0.4) is 0 Å². The number of hydrogen-bond acceptors (Lipinski definition) is 4. The Bertz CT molecular complexity index is 919. The second-order valence-corrected chi connectivity index (χ2v) is 9.47. The van der Waals surface area contributed by atoms with E-state index in [-0.39, 0.29) is 11.7 Å². The largest absolute Gasteiger partial charge is 0.353 e. The molecule has 0 saturated heterocycles. The summed E-state index contributed by atoms with van der Waals surface area (Å²) in [6, 6.07) is 12.7. The summed E-state index contributed by atoms with van der Waals surface area (Å²) in [6.07, 6.45) is 1.09. The molecule has 1 amide bonds. The monoisotopic (exact) mass is 424 g/mol. The smallest absolute Gasteiger partial charge is 0.243 e. The quantitative estimate of drug-likeness (QED) is 0.627. The minimum Gasteiger partial charge on any atom is -0.353 e. The summed E-state index contributed by atoms with van der Waals surface area (Å²) in [5.74, 6) is 0.487. The molecule has 2 aromatic rings. The Morgan fingerprint density at radius 1 is 1.21 bits per heavy atom. The van der Waals surface area contributed by atoms with Crippen LogP contribution in [0, 0.1) is 12.7 Å². The van der Waals surface area contributed by atoms with Gasteiger partial charge in [-0.2, -0.15) is 11.8 Å². The lowest BCUT2D eigenvalue weighted by atomic mass is 10.2. The van der Waals surface area contributed by atoms with Crippen molar-refractivity contribution < 1.29 is 17.6 Å². The van der Waals surface area contributed by atoms with Crippen LogP contribution in [0.4, 0.5) is 10.1 Å². The van der Waals surface area contributed by atoms with E-state index in [1.54, 1.807) is 43.3 Å². The van der Waals surface area contributed by atoms with E-state index >= 15 is 0 Å². The average molecular weight is 425 g/mol. The van der Waals surface area contributed by atoms with Gasteiger partial charge in [-0.3, -0.25) is 9.10 Å². The van der Waals surface area contributed by atoms with Crippen molar-refractivity contribution in [1.29, 1.82) is 0 Å². The Balaban J connectivity index is 1.91. The Labute approximate surface area is 170 Å². The number of halogens is 1. The molecule has 0 spiro atoms. The second-order valence-electron chi connectivity index (χ2n) is 6.51. The van der Waals surface area contributed by atoms with Crippen molar-refractivity contribution in [2.75, 3.05) is 22.9 Å². The molecule has 0 aliphatic carbocycles. The summed E-state index contributed by atoms with van der Waals surface area (Å²) in [7, 11) is -3.63. The zero-order valence-electron chi connectivity index (χ0n) is 16.2. The maximum Gasteiger partial charge on any atom is 0.243 e. The van der Waals surface area contributed by atoms with Crippen molar-refractivity contribution in [1.82, 2.24) is 5.32 Å². The molecule has 1 N–H and O–H groups in total. The summed E-state index contributed by atoms with van der Waals surface area (Å²) in [4.78, 5) is 12.5. The first-order valence-corrected chi connectivity index (χ1v) is 11.9. The fraction of sp³-hybridized carbons (Fsp3) is 0.350. The Morgan fingerprint density at radius 2 is 1.93 bits per heavy atom. The summed E-state index contributed by atoms with van der Waals surface area (Å²) >= 11 is 1.50. The number of sulfonamides is 1. The van der Waals surface area contributed by atoms with E-state index in [4.69, 9.17) is 0 Å². The molecule has 0 aliphatic rings. The van der Waals surface area contributed by atoms with Crippen molar-refractivity contribution >= 4 is 33.4 Å². The highest BCUT2D eigenvalue weighted by Gasteiger charge is 2.28. The first-order chi connectivity index (χ1) is 13.2. The number of hydrogen-bond donors (Lipinski definition) is 1. The molecule has 0 bridgehead atoms. The predicted octanol–water partition coefficient (Wildman–Crippen LogP) is 3.34. The van der Waals surface area contributed by atoms with Gasteiger partial charge in [0.25, 0.3) is 0 Å². The van der Waals surface area contributed by atoms with Gasteiger partial charge in [0.15, 0.2) is 0 Å². The van der Waals surface area contributed by atoms with Crippen LogP contribution < -0.4 is 9.62 Å². The van der Waals surface area contributed by atoms with Gasteiger partial charge in [-0.1, -0.05) is 30.3 Å². The highest BCUT2D eigenvalue weighted by Crippen LogP contribution is 2.22. The van der Waals surface area contributed by atoms with Gasteiger partial charge in [-0.25, -0.2) is 12.8 Å². The van der Waals surface area contributed by atoms with Crippen molar-refractivity contribution in [3.63, 3.8) is 0 Å². The summed E-state index contributed by atoms with van der Waals surface area (Å²) in [5.41, 5.74) is 1.98. The standard InChI is InChI=1S/C20H25FN2O3S2/c1-15-7-6-9-18(13-15)23(28(3,25)26)16(2)20(24)22-11-12-27-14-17-8-4-5-10-19(17)21/h4-10,13,16H,11-12,14H2,1-3H3,(H,22,24)/t16-/m0/s1. The highest BCUT2D eigenvalue weighted by molar-refractivity contribution is 7.98. The number of thioether (sulfide) groups is 1. The SMILES string of the molecule is Cc1cccc(N([C@@H](C)C(=O)NCCSCc2ccccc2F)S(C)(=O)=O)c1. The molecule has 0 saturated carbocycles. The molecule has 0 fully saturated rings. The summed E-state index contributed by atoms with van der Waals surface area (Å²) in [6.45, 7) is 3.79. The first kappa shape index (κ1) is 22.2. The maximum atomic E-state index is 13.6. The number of carbonyl (C=O) groups excluding carboxylic acids is 1. The Morgan fingerprint density at radius 3 is 2.57 bits per heavy atom. The van der Waals surface area contributed by atoms with Crippen LogP contribution in [0.25, 0.3) is 0 Å². The lowest BCUT2D eigenvalue weighted by Crippen LogP contribution is -2.48. The van der Waals surface area contributed by atoms with Gasteiger partial charge in [-0.05, 0) is 43.2 Å². The Hall–Kier alpha value is -2.06. The molecular weight excluding hydrogens is 399 g/mol. The van der Waals surface area contributed by atoms with E-state index in [9.17, 15) is 17.6 Å². The van der Waals surface area contributed by atoms with Crippen molar-refractivity contribution in [3.8, 4) is 0 Å². The minimum absolute atomic E-state index is 0.241. The van der Waals surface area contributed by atoms with Gasteiger partial charge in [0.1, 0.15) is 11.9 Å². The maximum absolute atomic E-state index is 13.6. The van der Waals surface area contributed by atoms with Crippen molar-refractivity contribution in [2.45, 2.75) is 25.6 Å². The zero-order chi connectivity index (χ0) is 20.7. The van der Waals surface area contributed by atoms with E-state index < -0.39 is 16.1 Å². The number of rotatable bonds is 9. The molecule has 8 heteroatoms. The summed E-state index contributed by atoms with van der Waals surface area (Å²) < 4.78 is 39.2. The summed E-state index contributed by atoms with van der Waals surface area (Å²) in [5, 5.41) is 2.76. The molecule has 152 valence electrons. The topological polar surface area (TPSA) is 66.5 Å². The van der Waals surface area contributed by atoms with E-state index in [1.165, 1.54) is 17.8 Å². The predicted molar refractivity (Wildman–Crippen MR) is 114 cm³/mol. The van der Waals surface area contributed by atoms with E-state index in [1.807, 2.05) is 13.0 Å². The Kier molecular flexibility index (Phi) is 7.88. The van der Waals surface area contributed by atoms with Gasteiger partial charge in [0, 0.05) is 18.1 Å². The third kappa shape index (κ3) is 6.24. The van der Waals surface area contributed by atoms with Crippen LogP contribution in [0.5, 0.6) is 0 Å². The molecule has 2 aromatic carbocycles. The number of benzene rings is 2. The first-order valence-electron chi connectivity index (χ1n) is 8.85. The van der Waals surface area contributed by atoms with Crippen LogP contribution in [0.1, 0.15) is 18.1 Å². The van der Waals surface area contributed by atoms with Gasteiger partial charge in [0.2, 0.25) is 15.9 Å². The molecule has 0 aromatic heterocycles. The van der Waals surface area contributed by atoms with Crippen molar-refractivity contribution in [3.05, 3.63) is 65.5 Å². The van der Waals surface area contributed by atoms with Crippen LogP contribution in [-0.2, 0) is 20.6 Å². The second kappa shape index (κ2) is 9.93. The molecule has 0 radical (unpaired) electrons. The number of amides is 1. The van der Waals surface area contributed by atoms with Crippen LogP contribution in [0.2, 0.25) is 0 Å². The van der Waals surface area contributed by atoms with Gasteiger partial charge < -0.3 is 5.32 Å². The lowest BCUT2D eigenvalue weighted by Gasteiger charge is -2.28. The average Bonchev–Trinajstić information content (AvgIpc) is 2.61. The normalized spacial score (nSPS) is 12.4. The van der Waals surface area contributed by atoms with Crippen molar-refractivity contribution in [2.24, 2.45) is 0 Å². The number of aryl methyl sites for hydroxylation is 1. The molecule has 1 atom stereocenters. The highest BCUT2D eigenvalue weighted by atomic mass is 32.2. The minimum atomic E-state index is -3.63. The van der Waals surface area contributed by atoms with E-state index in [0.717, 1.165) is 16.1 Å². The van der Waals surface area contributed by atoms with E-state index in [0.29, 0.717) is 29.3 Å². The van der Waals surface area contributed by atoms with Crippen LogP contribution >= 0.6 is 11.8 Å². The molecule has 0 heterocycles.